The van der Waals surface area contributed by atoms with Gasteiger partial charge in [-0.3, -0.25) is 9.88 Å². The number of rotatable bonds is 3. The summed E-state index contributed by atoms with van der Waals surface area (Å²) in [6.45, 7) is 7.89. The highest BCUT2D eigenvalue weighted by Gasteiger charge is 2.22. The van der Waals surface area contributed by atoms with Gasteiger partial charge in [-0.2, -0.15) is 9.61 Å². The van der Waals surface area contributed by atoms with Crippen molar-refractivity contribution in [3.05, 3.63) is 18.7 Å². The topological polar surface area (TPSA) is 61.6 Å². The van der Waals surface area contributed by atoms with Crippen LogP contribution in [0.25, 0.3) is 5.65 Å². The Labute approximate surface area is 142 Å². The third-order valence-corrected chi connectivity index (χ3v) is 4.78. The van der Waals surface area contributed by atoms with Crippen LogP contribution in [0.2, 0.25) is 0 Å². The average molecular weight is 338 g/mol. The number of fused-ring (bicyclic) bond motifs is 1. The molecule has 0 aromatic carbocycles. The molecule has 1 unspecified atom stereocenters. The van der Waals surface area contributed by atoms with Crippen molar-refractivity contribution in [3.8, 4) is 0 Å². The SMILES string of the molecule is Cl.c1nc2cncc(N3CCN(CC4CCCNC4)CC3)n2n1. The molecule has 1 atom stereocenters. The van der Waals surface area contributed by atoms with Crippen LogP contribution in [-0.4, -0.2) is 70.3 Å². The lowest BCUT2D eigenvalue weighted by atomic mass is 9.99. The zero-order chi connectivity index (χ0) is 14.8. The molecule has 2 aliphatic rings. The first-order valence-electron chi connectivity index (χ1n) is 8.22. The number of piperazine rings is 1. The Balaban J connectivity index is 0.00000156. The molecule has 23 heavy (non-hydrogen) atoms. The fourth-order valence-electron chi connectivity index (χ4n) is 3.56. The summed E-state index contributed by atoms with van der Waals surface area (Å²) in [6, 6.07) is 0. The summed E-state index contributed by atoms with van der Waals surface area (Å²) in [5.74, 6) is 1.87. The number of halogens is 1. The van der Waals surface area contributed by atoms with Crippen LogP contribution in [0, 0.1) is 5.92 Å². The van der Waals surface area contributed by atoms with Crippen LogP contribution in [0.4, 0.5) is 5.82 Å². The second-order valence-corrected chi connectivity index (χ2v) is 6.30. The molecule has 0 spiro atoms. The van der Waals surface area contributed by atoms with Crippen molar-refractivity contribution in [2.45, 2.75) is 12.8 Å². The van der Waals surface area contributed by atoms with E-state index in [1.54, 1.807) is 12.5 Å². The highest BCUT2D eigenvalue weighted by atomic mass is 35.5. The Morgan fingerprint density at radius 2 is 2.04 bits per heavy atom. The minimum Gasteiger partial charge on any atom is -0.353 e. The predicted molar refractivity (Wildman–Crippen MR) is 92.3 cm³/mol. The van der Waals surface area contributed by atoms with Gasteiger partial charge in [0.2, 0.25) is 0 Å². The van der Waals surface area contributed by atoms with Crippen LogP contribution in [0.5, 0.6) is 0 Å². The summed E-state index contributed by atoms with van der Waals surface area (Å²) in [7, 11) is 0. The minimum absolute atomic E-state index is 0. The molecule has 0 bridgehead atoms. The zero-order valence-electron chi connectivity index (χ0n) is 13.3. The molecular formula is C15H24ClN7. The molecule has 0 radical (unpaired) electrons. The van der Waals surface area contributed by atoms with Gasteiger partial charge in [0.25, 0.3) is 0 Å². The summed E-state index contributed by atoms with van der Waals surface area (Å²) in [5, 5.41) is 7.82. The van der Waals surface area contributed by atoms with Crippen LogP contribution >= 0.6 is 12.4 Å². The van der Waals surface area contributed by atoms with E-state index in [-0.39, 0.29) is 12.4 Å². The van der Waals surface area contributed by atoms with Crippen molar-refractivity contribution < 1.29 is 0 Å². The van der Waals surface area contributed by atoms with Crippen molar-refractivity contribution >= 4 is 23.9 Å². The standard InChI is InChI=1S/C15H23N7.ClH/c1-2-13(8-16-3-1)11-20-4-6-21(7-5-20)15-10-17-9-14-18-12-19-22(14)15;/h9-10,12-13,16H,1-8,11H2;1H. The zero-order valence-corrected chi connectivity index (χ0v) is 14.1. The summed E-state index contributed by atoms with van der Waals surface area (Å²) < 4.78 is 1.88. The molecule has 2 aromatic rings. The van der Waals surface area contributed by atoms with Crippen LogP contribution in [0.1, 0.15) is 12.8 Å². The smallest absolute Gasteiger partial charge is 0.175 e. The van der Waals surface area contributed by atoms with E-state index in [4.69, 9.17) is 0 Å². The normalized spacial score (nSPS) is 23.0. The maximum atomic E-state index is 4.31. The van der Waals surface area contributed by atoms with Gasteiger partial charge in [0.1, 0.15) is 6.33 Å². The molecular weight excluding hydrogens is 314 g/mol. The van der Waals surface area contributed by atoms with E-state index in [9.17, 15) is 0 Å². The number of piperidine rings is 1. The van der Waals surface area contributed by atoms with Crippen molar-refractivity contribution in [3.63, 3.8) is 0 Å². The van der Waals surface area contributed by atoms with E-state index >= 15 is 0 Å². The van der Waals surface area contributed by atoms with E-state index in [0.717, 1.165) is 43.6 Å². The number of hydrogen-bond acceptors (Lipinski definition) is 6. The highest BCUT2D eigenvalue weighted by Crippen LogP contribution is 2.17. The lowest BCUT2D eigenvalue weighted by Crippen LogP contribution is -2.49. The van der Waals surface area contributed by atoms with Gasteiger partial charge in [0.15, 0.2) is 11.5 Å². The van der Waals surface area contributed by atoms with Crippen molar-refractivity contribution in [1.82, 2.24) is 29.8 Å². The molecule has 2 fully saturated rings. The van der Waals surface area contributed by atoms with Gasteiger partial charge in [0.05, 0.1) is 12.4 Å². The fraction of sp³-hybridized carbons (Fsp3) is 0.667. The molecule has 0 aliphatic carbocycles. The molecule has 7 nitrogen and oxygen atoms in total. The van der Waals surface area contributed by atoms with Gasteiger partial charge in [-0.25, -0.2) is 4.98 Å². The lowest BCUT2D eigenvalue weighted by molar-refractivity contribution is 0.198. The predicted octanol–water partition coefficient (Wildman–Crippen LogP) is 0.668. The molecule has 4 rings (SSSR count). The van der Waals surface area contributed by atoms with Gasteiger partial charge in [-0.1, -0.05) is 0 Å². The molecule has 0 saturated carbocycles. The van der Waals surface area contributed by atoms with E-state index in [1.165, 1.54) is 32.5 Å². The van der Waals surface area contributed by atoms with E-state index in [1.807, 2.05) is 10.7 Å². The first-order chi connectivity index (χ1) is 10.9. The van der Waals surface area contributed by atoms with Crippen LogP contribution in [-0.2, 0) is 0 Å². The van der Waals surface area contributed by atoms with E-state index < -0.39 is 0 Å². The number of nitrogens with zero attached hydrogens (tertiary/aromatic N) is 6. The van der Waals surface area contributed by atoms with Crippen LogP contribution < -0.4 is 10.2 Å². The summed E-state index contributed by atoms with van der Waals surface area (Å²) in [6.07, 6.45) is 7.93. The quantitative estimate of drug-likeness (QED) is 0.888. The van der Waals surface area contributed by atoms with Crippen LogP contribution in [0.3, 0.4) is 0 Å². The molecule has 2 saturated heterocycles. The third kappa shape index (κ3) is 3.57. The molecule has 2 aromatic heterocycles. The van der Waals surface area contributed by atoms with Gasteiger partial charge in [0, 0.05) is 32.7 Å². The van der Waals surface area contributed by atoms with Crippen LogP contribution in [0.15, 0.2) is 18.7 Å². The van der Waals surface area contributed by atoms with Gasteiger partial charge in [-0.05, 0) is 31.8 Å². The molecule has 2 aliphatic heterocycles. The molecule has 1 N–H and O–H groups in total. The Hall–Kier alpha value is -1.44. The first kappa shape index (κ1) is 16.4. The van der Waals surface area contributed by atoms with Gasteiger partial charge < -0.3 is 10.2 Å². The second kappa shape index (κ2) is 7.42. The second-order valence-electron chi connectivity index (χ2n) is 6.30. The fourth-order valence-corrected chi connectivity index (χ4v) is 3.56. The molecule has 126 valence electrons. The van der Waals surface area contributed by atoms with Gasteiger partial charge in [-0.15, -0.1) is 12.4 Å². The number of aromatic nitrogens is 4. The number of hydrogen-bond donors (Lipinski definition) is 1. The Kier molecular flexibility index (Phi) is 5.30. The van der Waals surface area contributed by atoms with Crippen molar-refractivity contribution in [2.24, 2.45) is 5.92 Å². The Morgan fingerprint density at radius 1 is 1.17 bits per heavy atom. The molecule has 4 heterocycles. The Morgan fingerprint density at radius 3 is 2.83 bits per heavy atom. The summed E-state index contributed by atoms with van der Waals surface area (Å²) in [4.78, 5) is 13.5. The summed E-state index contributed by atoms with van der Waals surface area (Å²) in [5.41, 5.74) is 0.813. The monoisotopic (exact) mass is 337 g/mol. The minimum atomic E-state index is 0. The molecule has 8 heteroatoms. The summed E-state index contributed by atoms with van der Waals surface area (Å²) >= 11 is 0. The van der Waals surface area contributed by atoms with Gasteiger partial charge >= 0.3 is 0 Å². The maximum absolute atomic E-state index is 4.31. The number of anilines is 1. The van der Waals surface area contributed by atoms with E-state index in [2.05, 4.69) is 30.2 Å². The average Bonchev–Trinajstić information content (AvgIpc) is 3.05. The Bertz CT molecular complexity index is 617. The highest BCUT2D eigenvalue weighted by molar-refractivity contribution is 5.85. The van der Waals surface area contributed by atoms with E-state index in [0.29, 0.717) is 0 Å². The first-order valence-corrected chi connectivity index (χ1v) is 8.22. The van der Waals surface area contributed by atoms with Crippen molar-refractivity contribution in [2.75, 3.05) is 50.7 Å². The molecule has 0 amide bonds. The third-order valence-electron chi connectivity index (χ3n) is 4.78. The number of nitrogens with one attached hydrogen (secondary N) is 1. The largest absolute Gasteiger partial charge is 0.353 e. The lowest BCUT2D eigenvalue weighted by Gasteiger charge is -2.38. The maximum Gasteiger partial charge on any atom is 0.175 e. The van der Waals surface area contributed by atoms with Crippen molar-refractivity contribution in [1.29, 1.82) is 0 Å².